The Kier molecular flexibility index (Phi) is 6.13. The van der Waals surface area contributed by atoms with Gasteiger partial charge in [-0.1, -0.05) is 47.3 Å². The van der Waals surface area contributed by atoms with Crippen molar-refractivity contribution in [1.29, 1.82) is 0 Å². The maximum absolute atomic E-state index is 13.9. The van der Waals surface area contributed by atoms with Gasteiger partial charge < -0.3 is 4.90 Å². The van der Waals surface area contributed by atoms with Gasteiger partial charge in [-0.05, 0) is 47.0 Å². The zero-order chi connectivity index (χ0) is 22.3. The summed E-state index contributed by atoms with van der Waals surface area (Å²) in [6.07, 6.45) is 0.288. The van der Waals surface area contributed by atoms with Gasteiger partial charge in [0.1, 0.15) is 0 Å². The predicted octanol–water partition coefficient (Wildman–Crippen LogP) is 6.34. The number of fused-ring (bicyclic) bond motifs is 1. The van der Waals surface area contributed by atoms with Gasteiger partial charge >= 0.3 is 6.18 Å². The van der Waals surface area contributed by atoms with Crippen LogP contribution in [0.4, 0.5) is 13.2 Å². The highest BCUT2D eigenvalue weighted by atomic mass is 79.9. The van der Waals surface area contributed by atoms with Gasteiger partial charge in [0.25, 0.3) is 5.91 Å². The number of hydrogen-bond donors (Lipinski definition) is 0. The number of rotatable bonds is 3. The van der Waals surface area contributed by atoms with Crippen molar-refractivity contribution in [3.05, 3.63) is 50.7 Å². The number of halogens is 5. The second kappa shape index (κ2) is 8.54. The predicted molar refractivity (Wildman–Crippen MR) is 118 cm³/mol. The minimum atomic E-state index is -4.67. The summed E-state index contributed by atoms with van der Waals surface area (Å²) in [7, 11) is 1.68. The van der Waals surface area contributed by atoms with E-state index in [-0.39, 0.29) is 27.5 Å². The maximum Gasteiger partial charge on any atom is 0.433 e. The van der Waals surface area contributed by atoms with E-state index in [1.165, 1.54) is 0 Å². The molecule has 5 nitrogen and oxygen atoms in total. The molecule has 4 rings (SSSR count). The van der Waals surface area contributed by atoms with Crippen LogP contribution in [0, 0.1) is 0 Å². The first-order valence-electron chi connectivity index (χ1n) is 9.86. The lowest BCUT2D eigenvalue weighted by atomic mass is 9.94. The molecular weight excluding hydrogens is 541 g/mol. The van der Waals surface area contributed by atoms with Crippen molar-refractivity contribution in [3.63, 3.8) is 0 Å². The van der Waals surface area contributed by atoms with Gasteiger partial charge in [-0.15, -0.1) is 0 Å². The number of aromatic nitrogens is 3. The number of amides is 1. The average molecular weight is 560 g/mol. The quantitative estimate of drug-likeness (QED) is 0.376. The van der Waals surface area contributed by atoms with Crippen LogP contribution in [0.1, 0.15) is 48.3 Å². The molecule has 1 aliphatic carbocycles. The molecule has 10 heteroatoms. The third-order valence-corrected chi connectivity index (χ3v) is 6.87. The van der Waals surface area contributed by atoms with E-state index in [0.29, 0.717) is 10.1 Å². The zero-order valence-electron chi connectivity index (χ0n) is 16.6. The average Bonchev–Trinajstić information content (AvgIpc) is 3.09. The van der Waals surface area contributed by atoms with E-state index in [2.05, 4.69) is 41.9 Å². The Hall–Kier alpha value is -1.94. The van der Waals surface area contributed by atoms with E-state index in [1.807, 2.05) is 0 Å². The zero-order valence-corrected chi connectivity index (χ0v) is 19.8. The van der Waals surface area contributed by atoms with Crippen LogP contribution >= 0.6 is 31.9 Å². The third kappa shape index (κ3) is 4.37. The van der Waals surface area contributed by atoms with Crippen molar-refractivity contribution < 1.29 is 18.0 Å². The second-order valence-electron chi connectivity index (χ2n) is 7.64. The molecule has 1 fully saturated rings. The Bertz CT molecular complexity index is 1120. The number of hydrogen-bond acceptors (Lipinski definition) is 3. The van der Waals surface area contributed by atoms with Crippen LogP contribution in [0.5, 0.6) is 0 Å². The molecule has 0 saturated heterocycles. The van der Waals surface area contributed by atoms with Crippen molar-refractivity contribution in [1.82, 2.24) is 19.5 Å². The summed E-state index contributed by atoms with van der Waals surface area (Å²) < 4.78 is 43.3. The van der Waals surface area contributed by atoms with E-state index in [4.69, 9.17) is 0 Å². The van der Waals surface area contributed by atoms with Gasteiger partial charge in [-0.25, -0.2) is 9.50 Å². The molecule has 0 unspecified atom stereocenters. The molecular formula is C21H19Br2F3N4O. The molecule has 0 N–H and O–H groups in total. The lowest BCUT2D eigenvalue weighted by molar-refractivity contribution is -0.142. The topological polar surface area (TPSA) is 50.5 Å². The summed E-state index contributed by atoms with van der Waals surface area (Å²) >= 11 is 6.61. The molecule has 31 heavy (non-hydrogen) atoms. The van der Waals surface area contributed by atoms with Gasteiger partial charge in [0.05, 0.1) is 10.2 Å². The molecule has 0 spiro atoms. The monoisotopic (exact) mass is 558 g/mol. The molecule has 1 saturated carbocycles. The van der Waals surface area contributed by atoms with E-state index in [1.54, 1.807) is 36.2 Å². The van der Waals surface area contributed by atoms with Gasteiger partial charge in [0.2, 0.25) is 0 Å². The molecule has 164 valence electrons. The molecule has 0 atom stereocenters. The van der Waals surface area contributed by atoms with Gasteiger partial charge in [-0.3, -0.25) is 4.79 Å². The molecule has 2 aromatic heterocycles. The van der Waals surface area contributed by atoms with Gasteiger partial charge in [0, 0.05) is 23.1 Å². The summed E-state index contributed by atoms with van der Waals surface area (Å²) in [5, 5.41) is 4.03. The second-order valence-corrected chi connectivity index (χ2v) is 9.35. The van der Waals surface area contributed by atoms with Crippen molar-refractivity contribution in [2.24, 2.45) is 0 Å². The summed E-state index contributed by atoms with van der Waals surface area (Å²) in [6, 6.07) is 7.83. The lowest BCUT2D eigenvalue weighted by Crippen LogP contribution is -2.38. The Labute approximate surface area is 193 Å². The van der Waals surface area contributed by atoms with Gasteiger partial charge in [0.15, 0.2) is 17.0 Å². The number of nitrogens with zero attached hydrogens (tertiary/aromatic N) is 4. The van der Waals surface area contributed by atoms with Crippen LogP contribution in [0.2, 0.25) is 0 Å². The van der Waals surface area contributed by atoms with Gasteiger partial charge in [-0.2, -0.15) is 18.3 Å². The van der Waals surface area contributed by atoms with Crippen LogP contribution in [0.15, 0.2) is 39.3 Å². The fourth-order valence-electron chi connectivity index (χ4n) is 3.90. The number of alkyl halides is 3. The summed E-state index contributed by atoms with van der Waals surface area (Å²) in [6.45, 7) is 0. The molecule has 1 aliphatic rings. The fourth-order valence-corrected chi connectivity index (χ4v) is 4.67. The molecule has 3 aromatic rings. The van der Waals surface area contributed by atoms with Crippen molar-refractivity contribution in [2.75, 3.05) is 7.05 Å². The first kappa shape index (κ1) is 22.3. The number of carbonyl (C=O) groups is 1. The van der Waals surface area contributed by atoms with Crippen LogP contribution in [0.3, 0.4) is 0 Å². The normalized spacial score (nSPS) is 15.4. The highest BCUT2D eigenvalue weighted by molar-refractivity contribution is 9.11. The highest BCUT2D eigenvalue weighted by Crippen LogP contribution is 2.35. The first-order valence-corrected chi connectivity index (χ1v) is 11.4. The largest absolute Gasteiger partial charge is 0.433 e. The molecule has 0 radical (unpaired) electrons. The minimum Gasteiger partial charge on any atom is -0.337 e. The molecule has 1 aromatic carbocycles. The smallest absolute Gasteiger partial charge is 0.337 e. The first-order chi connectivity index (χ1) is 14.7. The van der Waals surface area contributed by atoms with Crippen LogP contribution < -0.4 is 0 Å². The molecule has 0 aliphatic heterocycles. The van der Waals surface area contributed by atoms with Crippen molar-refractivity contribution in [3.8, 4) is 11.3 Å². The Balaban J connectivity index is 1.83. The van der Waals surface area contributed by atoms with E-state index >= 15 is 0 Å². The molecule has 2 heterocycles. The van der Waals surface area contributed by atoms with Crippen LogP contribution in [-0.2, 0) is 6.18 Å². The van der Waals surface area contributed by atoms with E-state index in [0.717, 1.165) is 42.6 Å². The Morgan fingerprint density at radius 1 is 1.13 bits per heavy atom. The number of benzene rings is 1. The SMILES string of the molecule is CN(C(=O)c1nn2c(C(F)(F)F)cc(-c3ccc(Br)cc3)nc2c1Br)C1CCCCC1. The minimum absolute atomic E-state index is 0.0480. The fraction of sp³-hybridized carbons (Fsp3) is 0.381. The highest BCUT2D eigenvalue weighted by Gasteiger charge is 2.37. The third-order valence-electron chi connectivity index (χ3n) is 5.61. The summed E-state index contributed by atoms with van der Waals surface area (Å²) in [4.78, 5) is 19.1. The van der Waals surface area contributed by atoms with Crippen LogP contribution in [0.25, 0.3) is 16.9 Å². The standard InChI is InChI=1S/C21H19Br2F3N4O/c1-29(14-5-3-2-4-6-14)20(31)18-17(23)19-27-15(12-7-9-13(22)10-8-12)11-16(21(24,25)26)30(19)28-18/h7-11,14H,2-6H2,1H3. The Morgan fingerprint density at radius 3 is 2.39 bits per heavy atom. The summed E-state index contributed by atoms with van der Waals surface area (Å²) in [5.74, 6) is -0.414. The maximum atomic E-state index is 13.9. The van der Waals surface area contributed by atoms with E-state index in [9.17, 15) is 18.0 Å². The summed E-state index contributed by atoms with van der Waals surface area (Å²) in [5.41, 5.74) is -0.438. The van der Waals surface area contributed by atoms with Crippen LogP contribution in [-0.4, -0.2) is 38.5 Å². The van der Waals surface area contributed by atoms with Crippen molar-refractivity contribution >= 4 is 43.4 Å². The lowest BCUT2D eigenvalue weighted by Gasteiger charge is -2.30. The molecule has 1 amide bonds. The van der Waals surface area contributed by atoms with Crippen molar-refractivity contribution in [2.45, 2.75) is 44.3 Å². The number of carbonyl (C=O) groups excluding carboxylic acids is 1. The Morgan fingerprint density at radius 2 is 1.77 bits per heavy atom. The molecule has 0 bridgehead atoms. The van der Waals surface area contributed by atoms with E-state index < -0.39 is 17.8 Å².